The van der Waals surface area contributed by atoms with Gasteiger partial charge in [-0.2, -0.15) is 5.26 Å². The van der Waals surface area contributed by atoms with Crippen molar-refractivity contribution in [3.8, 4) is 11.9 Å². The smallest absolute Gasteiger partial charge is 0.182 e. The molecule has 2 aromatic rings. The summed E-state index contributed by atoms with van der Waals surface area (Å²) in [6, 6.07) is 7.22. The lowest BCUT2D eigenvalue weighted by Crippen LogP contribution is -1.99. The number of ether oxygens (including phenoxy) is 1. The van der Waals surface area contributed by atoms with E-state index in [1.54, 1.807) is 19.4 Å². The standard InChI is InChI=1S/C12H10BrN5O/c1-19-10-3-2-8(13)4-9(10)18-12-5-11(15-6-14)16-7-17-12/h2-5,7H,1H3,(H2,15,16,17,18). The van der Waals surface area contributed by atoms with Gasteiger partial charge >= 0.3 is 0 Å². The van der Waals surface area contributed by atoms with Gasteiger partial charge in [0.05, 0.1) is 12.8 Å². The highest BCUT2D eigenvalue weighted by Crippen LogP contribution is 2.30. The molecule has 2 rings (SSSR count). The number of methoxy groups -OCH3 is 1. The molecule has 0 unspecified atom stereocenters. The van der Waals surface area contributed by atoms with Crippen LogP contribution in [0.4, 0.5) is 17.3 Å². The molecule has 2 N–H and O–H groups in total. The number of nitrogens with zero attached hydrogens (tertiary/aromatic N) is 3. The van der Waals surface area contributed by atoms with Gasteiger partial charge in [0.15, 0.2) is 6.19 Å². The van der Waals surface area contributed by atoms with E-state index in [-0.39, 0.29) is 0 Å². The lowest BCUT2D eigenvalue weighted by Gasteiger charge is -2.11. The van der Waals surface area contributed by atoms with E-state index in [4.69, 9.17) is 10.00 Å². The molecule has 1 aromatic carbocycles. The molecule has 19 heavy (non-hydrogen) atoms. The molecule has 0 saturated heterocycles. The van der Waals surface area contributed by atoms with Crippen LogP contribution in [0.1, 0.15) is 0 Å². The second kappa shape index (κ2) is 6.02. The van der Waals surface area contributed by atoms with Crippen molar-refractivity contribution >= 4 is 33.3 Å². The van der Waals surface area contributed by atoms with Gasteiger partial charge in [0.2, 0.25) is 0 Å². The normalized spacial score (nSPS) is 9.53. The number of nitriles is 1. The fraction of sp³-hybridized carbons (Fsp3) is 0.0833. The molecule has 0 fully saturated rings. The topological polar surface area (TPSA) is 82.9 Å². The van der Waals surface area contributed by atoms with Crippen LogP contribution in [0.15, 0.2) is 35.1 Å². The Labute approximate surface area is 118 Å². The molecule has 0 bridgehead atoms. The van der Waals surface area contributed by atoms with Gasteiger partial charge in [-0.05, 0) is 18.2 Å². The maximum absolute atomic E-state index is 8.55. The predicted molar refractivity (Wildman–Crippen MR) is 75.2 cm³/mol. The summed E-state index contributed by atoms with van der Waals surface area (Å²) in [7, 11) is 1.59. The lowest BCUT2D eigenvalue weighted by atomic mass is 10.3. The summed E-state index contributed by atoms with van der Waals surface area (Å²) in [5.74, 6) is 1.68. The van der Waals surface area contributed by atoms with E-state index in [2.05, 4.69) is 36.5 Å². The van der Waals surface area contributed by atoms with Gasteiger partial charge in [-0.3, -0.25) is 5.32 Å². The summed E-state index contributed by atoms with van der Waals surface area (Å²) < 4.78 is 6.17. The number of hydrogen-bond donors (Lipinski definition) is 2. The number of anilines is 3. The van der Waals surface area contributed by atoms with E-state index in [0.717, 1.165) is 10.2 Å². The fourth-order valence-corrected chi connectivity index (χ4v) is 1.83. The van der Waals surface area contributed by atoms with E-state index in [1.807, 2.05) is 18.2 Å². The van der Waals surface area contributed by atoms with Crippen molar-refractivity contribution in [1.82, 2.24) is 9.97 Å². The highest BCUT2D eigenvalue weighted by atomic mass is 79.9. The van der Waals surface area contributed by atoms with Crippen molar-refractivity contribution in [2.75, 3.05) is 17.7 Å². The van der Waals surface area contributed by atoms with Crippen LogP contribution >= 0.6 is 15.9 Å². The Morgan fingerprint density at radius 3 is 2.79 bits per heavy atom. The highest BCUT2D eigenvalue weighted by Gasteiger charge is 2.05. The van der Waals surface area contributed by atoms with Crippen molar-refractivity contribution in [3.05, 3.63) is 35.1 Å². The molecular weight excluding hydrogens is 310 g/mol. The molecule has 0 atom stereocenters. The first-order valence-electron chi connectivity index (χ1n) is 5.30. The maximum Gasteiger partial charge on any atom is 0.182 e. The predicted octanol–water partition coefficient (Wildman–Crippen LogP) is 2.88. The second-order valence-electron chi connectivity index (χ2n) is 3.49. The minimum absolute atomic E-state index is 0.425. The molecule has 0 saturated carbocycles. The Hall–Kier alpha value is -2.33. The Bertz CT molecular complexity index is 626. The largest absolute Gasteiger partial charge is 0.495 e. The van der Waals surface area contributed by atoms with Crippen molar-refractivity contribution in [2.24, 2.45) is 0 Å². The summed E-state index contributed by atoms with van der Waals surface area (Å²) >= 11 is 3.39. The molecule has 1 heterocycles. The van der Waals surface area contributed by atoms with E-state index >= 15 is 0 Å². The van der Waals surface area contributed by atoms with E-state index < -0.39 is 0 Å². The van der Waals surface area contributed by atoms with Crippen molar-refractivity contribution in [3.63, 3.8) is 0 Å². The molecule has 0 aliphatic carbocycles. The average Bonchev–Trinajstić information content (AvgIpc) is 2.40. The molecule has 7 heteroatoms. The van der Waals surface area contributed by atoms with Gasteiger partial charge in [0, 0.05) is 10.5 Å². The monoisotopic (exact) mass is 319 g/mol. The number of halogens is 1. The van der Waals surface area contributed by atoms with Crippen LogP contribution in [0.3, 0.4) is 0 Å². The highest BCUT2D eigenvalue weighted by molar-refractivity contribution is 9.10. The first-order valence-corrected chi connectivity index (χ1v) is 6.10. The molecular formula is C12H10BrN5O. The summed E-state index contributed by atoms with van der Waals surface area (Å²) in [5.41, 5.74) is 0.762. The zero-order chi connectivity index (χ0) is 13.7. The van der Waals surface area contributed by atoms with Gasteiger partial charge in [-0.25, -0.2) is 9.97 Å². The number of hydrogen-bond acceptors (Lipinski definition) is 6. The third-order valence-corrected chi connectivity index (χ3v) is 2.77. The number of nitrogens with one attached hydrogen (secondary N) is 2. The minimum atomic E-state index is 0.425. The van der Waals surface area contributed by atoms with Gasteiger partial charge in [-0.1, -0.05) is 15.9 Å². The van der Waals surface area contributed by atoms with E-state index in [1.165, 1.54) is 6.33 Å². The first-order chi connectivity index (χ1) is 9.22. The number of benzene rings is 1. The zero-order valence-corrected chi connectivity index (χ0v) is 11.6. The fourth-order valence-electron chi connectivity index (χ4n) is 1.47. The summed E-state index contributed by atoms with van der Waals surface area (Å²) in [6.45, 7) is 0. The van der Waals surface area contributed by atoms with E-state index in [9.17, 15) is 0 Å². The molecule has 0 amide bonds. The van der Waals surface area contributed by atoms with Crippen molar-refractivity contribution in [1.29, 1.82) is 5.26 Å². The van der Waals surface area contributed by atoms with Crippen LogP contribution < -0.4 is 15.4 Å². The Morgan fingerprint density at radius 2 is 2.05 bits per heavy atom. The summed E-state index contributed by atoms with van der Waals surface area (Å²) in [4.78, 5) is 7.99. The van der Waals surface area contributed by atoms with Crippen LogP contribution in [0, 0.1) is 11.5 Å². The first kappa shape index (κ1) is 13.1. The molecule has 96 valence electrons. The third kappa shape index (κ3) is 3.33. The molecule has 0 radical (unpaired) electrons. The summed E-state index contributed by atoms with van der Waals surface area (Å²) in [5, 5.41) is 14.1. The molecule has 0 spiro atoms. The van der Waals surface area contributed by atoms with Gasteiger partial charge in [-0.15, -0.1) is 0 Å². The molecule has 1 aromatic heterocycles. The van der Waals surface area contributed by atoms with Gasteiger partial charge in [0.1, 0.15) is 23.7 Å². The van der Waals surface area contributed by atoms with Crippen LogP contribution in [-0.2, 0) is 0 Å². The zero-order valence-electron chi connectivity index (χ0n) is 10.0. The third-order valence-electron chi connectivity index (χ3n) is 2.28. The maximum atomic E-state index is 8.55. The van der Waals surface area contributed by atoms with Crippen LogP contribution in [0.25, 0.3) is 0 Å². The Balaban J connectivity index is 2.28. The quantitative estimate of drug-likeness (QED) is 0.666. The van der Waals surface area contributed by atoms with Crippen LogP contribution in [-0.4, -0.2) is 17.1 Å². The van der Waals surface area contributed by atoms with Crippen LogP contribution in [0.5, 0.6) is 5.75 Å². The van der Waals surface area contributed by atoms with Crippen molar-refractivity contribution < 1.29 is 4.74 Å². The second-order valence-corrected chi connectivity index (χ2v) is 4.41. The lowest BCUT2D eigenvalue weighted by molar-refractivity contribution is 0.416. The van der Waals surface area contributed by atoms with E-state index in [0.29, 0.717) is 17.4 Å². The Morgan fingerprint density at radius 1 is 1.26 bits per heavy atom. The van der Waals surface area contributed by atoms with Gasteiger partial charge in [0.25, 0.3) is 0 Å². The van der Waals surface area contributed by atoms with Crippen molar-refractivity contribution in [2.45, 2.75) is 0 Å². The molecule has 6 nitrogen and oxygen atoms in total. The van der Waals surface area contributed by atoms with Gasteiger partial charge < -0.3 is 10.1 Å². The molecule has 0 aliphatic heterocycles. The van der Waals surface area contributed by atoms with Crippen LogP contribution in [0.2, 0.25) is 0 Å². The number of aromatic nitrogens is 2. The Kier molecular flexibility index (Phi) is 4.15. The summed E-state index contributed by atoms with van der Waals surface area (Å²) in [6.07, 6.45) is 3.17. The minimum Gasteiger partial charge on any atom is -0.495 e. The average molecular weight is 320 g/mol. The SMILES string of the molecule is COc1ccc(Br)cc1Nc1cc(NC#N)ncn1. The number of rotatable bonds is 4. The molecule has 0 aliphatic rings.